The number of thioether (sulfide) groups is 1. The van der Waals surface area contributed by atoms with Gasteiger partial charge in [0.2, 0.25) is 5.16 Å². The lowest BCUT2D eigenvalue weighted by molar-refractivity contribution is 0.719. The first-order valence-corrected chi connectivity index (χ1v) is 8.47. The molecule has 0 fully saturated rings. The minimum Gasteiger partial charge on any atom is -0.244 e. The second-order valence-corrected chi connectivity index (χ2v) is 6.41. The molecule has 0 saturated carbocycles. The van der Waals surface area contributed by atoms with Crippen LogP contribution in [0.2, 0.25) is 5.15 Å². The van der Waals surface area contributed by atoms with E-state index in [-0.39, 0.29) is 0 Å². The van der Waals surface area contributed by atoms with Gasteiger partial charge in [0.25, 0.3) is 0 Å². The molecule has 1 aliphatic heterocycles. The third kappa shape index (κ3) is 3.00. The SMILES string of the molecule is Clc1ccc(Cc2nnc3n2N=C(c2ccccc2)CS3)cn1. The van der Waals surface area contributed by atoms with E-state index in [4.69, 9.17) is 16.7 Å². The van der Waals surface area contributed by atoms with Crippen LogP contribution in [0.4, 0.5) is 0 Å². The minimum absolute atomic E-state index is 0.483. The normalized spacial score (nSPS) is 13.5. The zero-order valence-electron chi connectivity index (χ0n) is 12.1. The molecule has 0 spiro atoms. The van der Waals surface area contributed by atoms with E-state index in [0.717, 1.165) is 33.6 Å². The fourth-order valence-corrected chi connectivity index (χ4v) is 3.31. The van der Waals surface area contributed by atoms with Crippen molar-refractivity contribution in [1.29, 1.82) is 0 Å². The number of halogens is 1. The highest BCUT2D eigenvalue weighted by Gasteiger charge is 2.19. The molecule has 0 N–H and O–H groups in total. The Hall–Kier alpha value is -2.18. The predicted molar refractivity (Wildman–Crippen MR) is 91.2 cm³/mol. The fourth-order valence-electron chi connectivity index (χ4n) is 2.34. The van der Waals surface area contributed by atoms with Crippen LogP contribution >= 0.6 is 23.4 Å². The molecule has 0 radical (unpaired) electrons. The number of benzene rings is 1. The Bertz CT molecular complexity index is 858. The lowest BCUT2D eigenvalue weighted by Gasteiger charge is -2.13. The number of nitrogens with zero attached hydrogens (tertiary/aromatic N) is 5. The Kier molecular flexibility index (Phi) is 3.85. The summed E-state index contributed by atoms with van der Waals surface area (Å²) in [4.78, 5) is 4.10. The summed E-state index contributed by atoms with van der Waals surface area (Å²) in [5, 5.41) is 14.5. The minimum atomic E-state index is 0.483. The third-order valence-electron chi connectivity index (χ3n) is 3.49. The number of hydrogen-bond donors (Lipinski definition) is 0. The molecule has 5 nitrogen and oxygen atoms in total. The van der Waals surface area contributed by atoms with Crippen LogP contribution in [0.15, 0.2) is 58.9 Å². The number of rotatable bonds is 3. The maximum atomic E-state index is 5.83. The van der Waals surface area contributed by atoms with Crippen molar-refractivity contribution in [3.8, 4) is 0 Å². The van der Waals surface area contributed by atoms with Crippen LogP contribution in [0, 0.1) is 0 Å². The van der Waals surface area contributed by atoms with Gasteiger partial charge in [0.05, 0.1) is 5.71 Å². The van der Waals surface area contributed by atoms with Crippen LogP contribution in [-0.2, 0) is 6.42 Å². The highest BCUT2D eigenvalue weighted by molar-refractivity contribution is 7.99. The van der Waals surface area contributed by atoms with E-state index in [0.29, 0.717) is 11.6 Å². The Morgan fingerprint density at radius 1 is 1.09 bits per heavy atom. The first kappa shape index (κ1) is 14.4. The molecule has 2 aromatic heterocycles. The summed E-state index contributed by atoms with van der Waals surface area (Å²) >= 11 is 7.47. The molecule has 0 amide bonds. The van der Waals surface area contributed by atoms with Crippen molar-refractivity contribution in [2.45, 2.75) is 11.6 Å². The molecule has 0 aliphatic carbocycles. The fraction of sp³-hybridized carbons (Fsp3) is 0.125. The van der Waals surface area contributed by atoms with Gasteiger partial charge in [-0.25, -0.2) is 4.98 Å². The highest BCUT2D eigenvalue weighted by atomic mass is 35.5. The second-order valence-electron chi connectivity index (χ2n) is 5.08. The molecule has 0 unspecified atom stereocenters. The molecule has 0 atom stereocenters. The van der Waals surface area contributed by atoms with Crippen LogP contribution in [0.25, 0.3) is 0 Å². The zero-order valence-corrected chi connectivity index (χ0v) is 13.6. The zero-order chi connectivity index (χ0) is 15.6. The summed E-state index contributed by atoms with van der Waals surface area (Å²) in [6.45, 7) is 0. The Morgan fingerprint density at radius 2 is 1.96 bits per heavy atom. The monoisotopic (exact) mass is 341 g/mol. The first-order valence-electron chi connectivity index (χ1n) is 7.10. The van der Waals surface area contributed by atoms with Crippen molar-refractivity contribution >= 4 is 29.1 Å². The van der Waals surface area contributed by atoms with Gasteiger partial charge in [-0.1, -0.05) is 59.8 Å². The van der Waals surface area contributed by atoms with E-state index < -0.39 is 0 Å². The molecule has 23 heavy (non-hydrogen) atoms. The number of pyridine rings is 1. The third-order valence-corrected chi connectivity index (χ3v) is 4.65. The molecule has 114 valence electrons. The van der Waals surface area contributed by atoms with Crippen molar-refractivity contribution in [3.05, 3.63) is 70.8 Å². The quantitative estimate of drug-likeness (QED) is 0.686. The maximum Gasteiger partial charge on any atom is 0.212 e. The maximum absolute atomic E-state index is 5.83. The van der Waals surface area contributed by atoms with Crippen molar-refractivity contribution in [1.82, 2.24) is 19.9 Å². The number of hydrogen-bond acceptors (Lipinski definition) is 5. The summed E-state index contributed by atoms with van der Waals surface area (Å²) in [5.74, 6) is 1.59. The highest BCUT2D eigenvalue weighted by Crippen LogP contribution is 2.25. The van der Waals surface area contributed by atoms with Crippen LogP contribution < -0.4 is 0 Å². The topological polar surface area (TPSA) is 56.0 Å². The molecule has 0 bridgehead atoms. The average Bonchev–Trinajstić information content (AvgIpc) is 3.00. The van der Waals surface area contributed by atoms with E-state index in [2.05, 4.69) is 27.3 Å². The largest absolute Gasteiger partial charge is 0.244 e. The van der Waals surface area contributed by atoms with Crippen LogP contribution in [0.3, 0.4) is 0 Å². The van der Waals surface area contributed by atoms with Crippen molar-refractivity contribution < 1.29 is 0 Å². The van der Waals surface area contributed by atoms with Crippen molar-refractivity contribution in [2.24, 2.45) is 5.10 Å². The van der Waals surface area contributed by atoms with E-state index in [1.54, 1.807) is 24.0 Å². The number of aromatic nitrogens is 4. The van der Waals surface area contributed by atoms with E-state index in [9.17, 15) is 0 Å². The van der Waals surface area contributed by atoms with Gasteiger partial charge in [-0.15, -0.1) is 10.2 Å². The Morgan fingerprint density at radius 3 is 2.74 bits per heavy atom. The summed E-state index contributed by atoms with van der Waals surface area (Å²) < 4.78 is 1.82. The van der Waals surface area contributed by atoms with Gasteiger partial charge in [-0.2, -0.15) is 9.78 Å². The smallest absolute Gasteiger partial charge is 0.212 e. The molecule has 3 heterocycles. The van der Waals surface area contributed by atoms with Crippen LogP contribution in [-0.4, -0.2) is 31.3 Å². The molecular weight excluding hydrogens is 330 g/mol. The molecule has 3 aromatic rings. The van der Waals surface area contributed by atoms with Gasteiger partial charge < -0.3 is 0 Å². The summed E-state index contributed by atoms with van der Waals surface area (Å²) in [5.41, 5.74) is 3.17. The van der Waals surface area contributed by atoms with Gasteiger partial charge in [-0.3, -0.25) is 0 Å². The number of fused-ring (bicyclic) bond motifs is 1. The van der Waals surface area contributed by atoms with E-state index in [1.165, 1.54) is 0 Å². The summed E-state index contributed by atoms with van der Waals surface area (Å²) in [7, 11) is 0. The van der Waals surface area contributed by atoms with Gasteiger partial charge in [-0.05, 0) is 17.2 Å². The van der Waals surface area contributed by atoms with E-state index in [1.807, 2.05) is 28.9 Å². The van der Waals surface area contributed by atoms with Crippen molar-refractivity contribution in [3.63, 3.8) is 0 Å². The van der Waals surface area contributed by atoms with Crippen LogP contribution in [0.5, 0.6) is 0 Å². The van der Waals surface area contributed by atoms with Crippen molar-refractivity contribution in [2.75, 3.05) is 5.75 Å². The predicted octanol–water partition coefficient (Wildman–Crippen LogP) is 3.28. The van der Waals surface area contributed by atoms with Crippen LogP contribution in [0.1, 0.15) is 17.0 Å². The Labute approximate surface area is 142 Å². The lowest BCUT2D eigenvalue weighted by Crippen LogP contribution is -2.14. The second kappa shape index (κ2) is 6.14. The molecule has 7 heteroatoms. The molecule has 0 saturated heterocycles. The lowest BCUT2D eigenvalue weighted by atomic mass is 10.1. The molecule has 1 aliphatic rings. The molecule has 1 aromatic carbocycles. The summed E-state index contributed by atoms with van der Waals surface area (Å²) in [6.07, 6.45) is 2.37. The van der Waals surface area contributed by atoms with Gasteiger partial charge in [0.1, 0.15) is 5.15 Å². The molecule has 4 rings (SSSR count). The standard InChI is InChI=1S/C16H12ClN5S/c17-14-7-6-11(9-18-14)8-15-19-20-16-22(15)21-13(10-23-16)12-4-2-1-3-5-12/h1-7,9H,8,10H2. The van der Waals surface area contributed by atoms with Gasteiger partial charge in [0, 0.05) is 18.4 Å². The summed E-state index contributed by atoms with van der Waals surface area (Å²) in [6, 6.07) is 13.9. The average molecular weight is 342 g/mol. The first-order chi connectivity index (χ1) is 11.3. The van der Waals surface area contributed by atoms with E-state index >= 15 is 0 Å². The molecular formula is C16H12ClN5S. The van der Waals surface area contributed by atoms with Gasteiger partial charge in [0.15, 0.2) is 5.82 Å². The van der Waals surface area contributed by atoms with Gasteiger partial charge >= 0.3 is 0 Å². The Balaban J connectivity index is 1.67.